The second-order valence-electron chi connectivity index (χ2n) is 6.57. The second-order valence-corrected chi connectivity index (χ2v) is 6.57. The van der Waals surface area contributed by atoms with Crippen LogP contribution in [0.25, 0.3) is 0 Å². The summed E-state index contributed by atoms with van der Waals surface area (Å²) in [6, 6.07) is -0.181. The van der Waals surface area contributed by atoms with Crippen molar-refractivity contribution in [3.8, 4) is 0 Å². The maximum Gasteiger partial charge on any atom is 0.317 e. The van der Waals surface area contributed by atoms with Crippen LogP contribution in [0.4, 0.5) is 4.79 Å². The quantitative estimate of drug-likeness (QED) is 0.709. The largest absolute Gasteiger partial charge is 0.481 e. The van der Waals surface area contributed by atoms with E-state index in [2.05, 4.69) is 5.32 Å². The molecule has 3 atom stereocenters. The Balaban J connectivity index is 1.52. The van der Waals surface area contributed by atoms with Crippen LogP contribution >= 0.6 is 0 Å². The molecule has 1 heterocycles. The van der Waals surface area contributed by atoms with E-state index in [1.54, 1.807) is 4.90 Å². The van der Waals surface area contributed by atoms with Crippen LogP contribution in [-0.4, -0.2) is 52.9 Å². The van der Waals surface area contributed by atoms with E-state index in [9.17, 15) is 19.8 Å². The Morgan fingerprint density at radius 2 is 2.00 bits per heavy atom. The predicted molar refractivity (Wildman–Crippen MR) is 71.1 cm³/mol. The van der Waals surface area contributed by atoms with Gasteiger partial charge in [-0.2, -0.15) is 0 Å². The zero-order valence-corrected chi connectivity index (χ0v) is 11.5. The molecule has 20 heavy (non-hydrogen) atoms. The minimum absolute atomic E-state index is 0.181. The molecule has 2 saturated carbocycles. The second kappa shape index (κ2) is 4.91. The third kappa shape index (κ3) is 2.16. The van der Waals surface area contributed by atoms with Crippen molar-refractivity contribution in [1.82, 2.24) is 10.2 Å². The van der Waals surface area contributed by atoms with Crippen molar-refractivity contribution in [2.75, 3.05) is 19.6 Å². The lowest BCUT2D eigenvalue weighted by molar-refractivity contribution is -0.153. The van der Waals surface area contributed by atoms with E-state index < -0.39 is 11.4 Å². The van der Waals surface area contributed by atoms with Gasteiger partial charge < -0.3 is 20.4 Å². The van der Waals surface area contributed by atoms with Gasteiger partial charge in [0.1, 0.15) is 0 Å². The minimum Gasteiger partial charge on any atom is -0.481 e. The Morgan fingerprint density at radius 3 is 2.55 bits per heavy atom. The normalized spacial score (nSPS) is 34.5. The lowest BCUT2D eigenvalue weighted by atomic mass is 9.69. The SMILES string of the molecule is O=C(NCC1(C(=O)O)CCC1)N1CC2CCC(O)C2C1. The number of nitrogens with zero attached hydrogens (tertiary/aromatic N) is 1. The average Bonchev–Trinajstić information content (AvgIpc) is 2.90. The molecule has 2 amide bonds. The first-order valence-electron chi connectivity index (χ1n) is 7.46. The van der Waals surface area contributed by atoms with Crippen molar-refractivity contribution in [3.63, 3.8) is 0 Å². The molecule has 3 unspecified atom stereocenters. The number of hydrogen-bond donors (Lipinski definition) is 3. The maximum absolute atomic E-state index is 12.1. The van der Waals surface area contributed by atoms with Crippen LogP contribution in [0, 0.1) is 17.3 Å². The number of urea groups is 1. The first kappa shape index (κ1) is 13.7. The first-order chi connectivity index (χ1) is 9.52. The number of carbonyl (C=O) groups excluding carboxylic acids is 1. The molecular weight excluding hydrogens is 260 g/mol. The number of rotatable bonds is 3. The maximum atomic E-state index is 12.1. The van der Waals surface area contributed by atoms with Crippen LogP contribution in [0.15, 0.2) is 0 Å². The molecule has 0 aromatic heterocycles. The monoisotopic (exact) mass is 282 g/mol. The van der Waals surface area contributed by atoms with Gasteiger partial charge in [-0.25, -0.2) is 4.79 Å². The standard InChI is InChI=1S/C14H22N2O4/c17-11-3-2-9-6-16(7-10(9)11)13(20)15-8-14(12(18)19)4-1-5-14/h9-11,17H,1-8H2,(H,15,20)(H,18,19). The molecule has 2 aliphatic carbocycles. The fraction of sp³-hybridized carbons (Fsp3) is 0.857. The molecule has 0 aromatic carbocycles. The van der Waals surface area contributed by atoms with Gasteiger partial charge in [0.05, 0.1) is 11.5 Å². The van der Waals surface area contributed by atoms with Crippen molar-refractivity contribution in [3.05, 3.63) is 0 Å². The highest BCUT2D eigenvalue weighted by Crippen LogP contribution is 2.41. The van der Waals surface area contributed by atoms with Crippen LogP contribution in [-0.2, 0) is 4.79 Å². The van der Waals surface area contributed by atoms with Crippen molar-refractivity contribution in [1.29, 1.82) is 0 Å². The summed E-state index contributed by atoms with van der Waals surface area (Å²) in [5.74, 6) is -0.191. The lowest BCUT2D eigenvalue weighted by Gasteiger charge is -2.38. The Hall–Kier alpha value is -1.30. The molecule has 0 radical (unpaired) electrons. The van der Waals surface area contributed by atoms with Crippen molar-refractivity contribution >= 4 is 12.0 Å². The van der Waals surface area contributed by atoms with Gasteiger partial charge in [0.25, 0.3) is 0 Å². The molecule has 6 heteroatoms. The average molecular weight is 282 g/mol. The number of nitrogens with one attached hydrogen (secondary N) is 1. The van der Waals surface area contributed by atoms with Gasteiger partial charge in [-0.15, -0.1) is 0 Å². The number of carbonyl (C=O) groups is 2. The van der Waals surface area contributed by atoms with Gasteiger partial charge in [-0.1, -0.05) is 6.42 Å². The van der Waals surface area contributed by atoms with Crippen LogP contribution in [0.2, 0.25) is 0 Å². The third-order valence-electron chi connectivity index (χ3n) is 5.45. The molecule has 0 aromatic rings. The number of carboxylic acids is 1. The molecule has 1 aliphatic heterocycles. The highest BCUT2D eigenvalue weighted by atomic mass is 16.4. The zero-order chi connectivity index (χ0) is 14.3. The van der Waals surface area contributed by atoms with Gasteiger partial charge in [-0.05, 0) is 31.6 Å². The smallest absolute Gasteiger partial charge is 0.317 e. The van der Waals surface area contributed by atoms with E-state index in [0.29, 0.717) is 31.8 Å². The summed E-state index contributed by atoms with van der Waals surface area (Å²) in [5.41, 5.74) is -0.745. The van der Waals surface area contributed by atoms with E-state index in [-0.39, 0.29) is 24.6 Å². The molecule has 3 N–H and O–H groups in total. The summed E-state index contributed by atoms with van der Waals surface area (Å²) in [4.78, 5) is 25.1. The third-order valence-corrected chi connectivity index (χ3v) is 5.45. The Morgan fingerprint density at radius 1 is 1.25 bits per heavy atom. The van der Waals surface area contributed by atoms with Crippen LogP contribution in [0.3, 0.4) is 0 Å². The number of aliphatic carboxylic acids is 1. The van der Waals surface area contributed by atoms with E-state index in [0.717, 1.165) is 19.3 Å². The van der Waals surface area contributed by atoms with Crippen LogP contribution in [0.1, 0.15) is 32.1 Å². The fourth-order valence-electron chi connectivity index (χ4n) is 3.83. The lowest BCUT2D eigenvalue weighted by Crippen LogP contribution is -2.50. The van der Waals surface area contributed by atoms with E-state index in [1.165, 1.54) is 0 Å². The molecule has 0 spiro atoms. The van der Waals surface area contributed by atoms with Gasteiger partial charge in [0.15, 0.2) is 0 Å². The Kier molecular flexibility index (Phi) is 3.36. The van der Waals surface area contributed by atoms with Crippen molar-refractivity contribution in [2.45, 2.75) is 38.2 Å². The van der Waals surface area contributed by atoms with Gasteiger partial charge >= 0.3 is 12.0 Å². The molecule has 3 rings (SSSR count). The number of amides is 2. The number of fused-ring (bicyclic) bond motifs is 1. The minimum atomic E-state index is -0.808. The number of aliphatic hydroxyl groups excluding tert-OH is 1. The van der Waals surface area contributed by atoms with Crippen LogP contribution in [0.5, 0.6) is 0 Å². The summed E-state index contributed by atoms with van der Waals surface area (Å²) in [6.45, 7) is 1.50. The van der Waals surface area contributed by atoms with Gasteiger partial charge in [0.2, 0.25) is 0 Å². The summed E-state index contributed by atoms with van der Waals surface area (Å²) in [5, 5.41) is 21.8. The summed E-state index contributed by atoms with van der Waals surface area (Å²) in [6.07, 6.45) is 3.75. The molecule has 112 valence electrons. The number of likely N-dealkylation sites (tertiary alicyclic amines) is 1. The van der Waals surface area contributed by atoms with Gasteiger partial charge in [-0.3, -0.25) is 4.79 Å². The summed E-state index contributed by atoms with van der Waals surface area (Å²) in [7, 11) is 0. The van der Waals surface area contributed by atoms with E-state index in [4.69, 9.17) is 0 Å². The summed E-state index contributed by atoms with van der Waals surface area (Å²) >= 11 is 0. The molecule has 0 bridgehead atoms. The van der Waals surface area contributed by atoms with Crippen molar-refractivity contribution < 1.29 is 19.8 Å². The first-order valence-corrected chi connectivity index (χ1v) is 7.46. The number of carboxylic acid groups (broad SMARTS) is 1. The Bertz CT molecular complexity index is 421. The van der Waals surface area contributed by atoms with Crippen molar-refractivity contribution in [2.24, 2.45) is 17.3 Å². The van der Waals surface area contributed by atoms with E-state index in [1.807, 2.05) is 0 Å². The molecule has 6 nitrogen and oxygen atoms in total. The topological polar surface area (TPSA) is 89.9 Å². The molecule has 3 fully saturated rings. The predicted octanol–water partition coefficient (Wildman–Crippen LogP) is 0.654. The molecule has 1 saturated heterocycles. The molecule has 3 aliphatic rings. The Labute approximate surface area is 118 Å². The fourth-order valence-corrected chi connectivity index (χ4v) is 3.83. The summed E-state index contributed by atoms with van der Waals surface area (Å²) < 4.78 is 0. The highest BCUT2D eigenvalue weighted by molar-refractivity contribution is 5.79. The zero-order valence-electron chi connectivity index (χ0n) is 11.5. The van der Waals surface area contributed by atoms with Crippen LogP contribution < -0.4 is 5.32 Å². The number of aliphatic hydroxyl groups is 1. The van der Waals surface area contributed by atoms with Gasteiger partial charge in [0, 0.05) is 25.6 Å². The number of hydrogen-bond acceptors (Lipinski definition) is 3. The highest BCUT2D eigenvalue weighted by Gasteiger charge is 2.46. The van der Waals surface area contributed by atoms with E-state index >= 15 is 0 Å². The molecular formula is C14H22N2O4.